The molecule has 3 heterocycles. The van der Waals surface area contributed by atoms with E-state index in [-0.39, 0.29) is 5.28 Å². The quantitative estimate of drug-likeness (QED) is 0.922. The molecule has 0 aromatic carbocycles. The third-order valence-corrected chi connectivity index (χ3v) is 5.31. The Morgan fingerprint density at radius 3 is 2.75 bits per heavy atom. The molecule has 0 saturated carbocycles. The van der Waals surface area contributed by atoms with Crippen LogP contribution < -0.4 is 10.2 Å². The SMILES string of the molecule is Clc1nc(NCC2CCCS2)nc(N2CCCCC2)n1. The minimum Gasteiger partial charge on any atom is -0.353 e. The molecule has 7 heteroatoms. The molecule has 1 N–H and O–H groups in total. The molecule has 0 aliphatic carbocycles. The molecule has 0 spiro atoms. The molecule has 1 atom stereocenters. The minimum absolute atomic E-state index is 0.280. The lowest BCUT2D eigenvalue weighted by molar-refractivity contribution is 0.567. The van der Waals surface area contributed by atoms with Gasteiger partial charge in [0.05, 0.1) is 0 Å². The predicted molar refractivity (Wildman–Crippen MR) is 84.9 cm³/mol. The van der Waals surface area contributed by atoms with Crippen molar-refractivity contribution in [2.75, 3.05) is 35.6 Å². The van der Waals surface area contributed by atoms with Crippen LogP contribution in [0.1, 0.15) is 32.1 Å². The molecule has 0 bridgehead atoms. The highest BCUT2D eigenvalue weighted by atomic mass is 35.5. The fourth-order valence-corrected chi connectivity index (χ4v) is 4.02. The number of nitrogens with zero attached hydrogens (tertiary/aromatic N) is 4. The van der Waals surface area contributed by atoms with Gasteiger partial charge in [-0.3, -0.25) is 0 Å². The van der Waals surface area contributed by atoms with E-state index in [1.807, 2.05) is 11.8 Å². The van der Waals surface area contributed by atoms with Crippen molar-refractivity contribution in [3.05, 3.63) is 5.28 Å². The van der Waals surface area contributed by atoms with Crippen LogP contribution in [0.2, 0.25) is 5.28 Å². The summed E-state index contributed by atoms with van der Waals surface area (Å²) in [5, 5.41) is 4.26. The van der Waals surface area contributed by atoms with E-state index in [4.69, 9.17) is 11.6 Å². The molecule has 2 saturated heterocycles. The molecule has 1 aromatic rings. The van der Waals surface area contributed by atoms with Crippen molar-refractivity contribution in [2.45, 2.75) is 37.4 Å². The number of rotatable bonds is 4. The van der Waals surface area contributed by atoms with Gasteiger partial charge in [0, 0.05) is 24.9 Å². The van der Waals surface area contributed by atoms with Crippen molar-refractivity contribution >= 4 is 35.3 Å². The molecule has 2 aliphatic heterocycles. The zero-order valence-electron chi connectivity index (χ0n) is 11.5. The summed E-state index contributed by atoms with van der Waals surface area (Å²) < 4.78 is 0. The summed E-state index contributed by atoms with van der Waals surface area (Å²) in [4.78, 5) is 15.2. The Labute approximate surface area is 128 Å². The van der Waals surface area contributed by atoms with Gasteiger partial charge < -0.3 is 10.2 Å². The Kier molecular flexibility index (Phi) is 4.83. The molecule has 2 aliphatic rings. The molecule has 0 radical (unpaired) electrons. The van der Waals surface area contributed by atoms with Crippen LogP contribution in [0.4, 0.5) is 11.9 Å². The Bertz CT molecular complexity index is 446. The van der Waals surface area contributed by atoms with Crippen LogP contribution in [0.5, 0.6) is 0 Å². The van der Waals surface area contributed by atoms with Crippen LogP contribution in [-0.2, 0) is 0 Å². The number of hydrogen-bond acceptors (Lipinski definition) is 6. The average Bonchev–Trinajstić information content (AvgIpc) is 2.99. The molecular formula is C13H20ClN5S. The maximum absolute atomic E-state index is 6.03. The van der Waals surface area contributed by atoms with Crippen LogP contribution in [0, 0.1) is 0 Å². The maximum atomic E-state index is 6.03. The summed E-state index contributed by atoms with van der Waals surface area (Å²) >= 11 is 8.05. The van der Waals surface area contributed by atoms with E-state index in [2.05, 4.69) is 25.2 Å². The minimum atomic E-state index is 0.280. The van der Waals surface area contributed by atoms with E-state index >= 15 is 0 Å². The number of aromatic nitrogens is 3. The topological polar surface area (TPSA) is 53.9 Å². The van der Waals surface area contributed by atoms with Gasteiger partial charge in [-0.2, -0.15) is 26.7 Å². The summed E-state index contributed by atoms with van der Waals surface area (Å²) in [5.74, 6) is 2.59. The summed E-state index contributed by atoms with van der Waals surface area (Å²) in [5.41, 5.74) is 0. The highest BCUT2D eigenvalue weighted by Crippen LogP contribution is 2.26. The third-order valence-electron chi connectivity index (χ3n) is 3.75. The molecule has 1 unspecified atom stereocenters. The second-order valence-electron chi connectivity index (χ2n) is 5.29. The van der Waals surface area contributed by atoms with Gasteiger partial charge in [-0.05, 0) is 49.5 Å². The van der Waals surface area contributed by atoms with Crippen molar-refractivity contribution in [1.82, 2.24) is 15.0 Å². The van der Waals surface area contributed by atoms with Crippen molar-refractivity contribution in [3.63, 3.8) is 0 Å². The van der Waals surface area contributed by atoms with Crippen molar-refractivity contribution in [3.8, 4) is 0 Å². The van der Waals surface area contributed by atoms with E-state index in [0.29, 0.717) is 17.1 Å². The van der Waals surface area contributed by atoms with E-state index in [0.717, 1.165) is 19.6 Å². The van der Waals surface area contributed by atoms with Crippen molar-refractivity contribution in [2.24, 2.45) is 0 Å². The molecule has 2 fully saturated rings. The van der Waals surface area contributed by atoms with Crippen molar-refractivity contribution < 1.29 is 0 Å². The Balaban J connectivity index is 1.65. The number of nitrogens with one attached hydrogen (secondary N) is 1. The van der Waals surface area contributed by atoms with E-state index in [1.165, 1.54) is 37.9 Å². The van der Waals surface area contributed by atoms with Gasteiger partial charge in [-0.15, -0.1) is 0 Å². The Morgan fingerprint density at radius 2 is 2.00 bits per heavy atom. The van der Waals surface area contributed by atoms with Gasteiger partial charge in [0.1, 0.15) is 0 Å². The first-order valence-corrected chi connectivity index (χ1v) is 8.76. The first kappa shape index (κ1) is 14.2. The molecule has 20 heavy (non-hydrogen) atoms. The lowest BCUT2D eigenvalue weighted by atomic mass is 10.1. The monoisotopic (exact) mass is 313 g/mol. The average molecular weight is 314 g/mol. The second kappa shape index (κ2) is 6.80. The maximum Gasteiger partial charge on any atom is 0.231 e. The zero-order valence-corrected chi connectivity index (χ0v) is 13.1. The molecule has 3 rings (SSSR count). The fourth-order valence-electron chi connectivity index (χ4n) is 2.66. The number of hydrogen-bond donors (Lipinski definition) is 1. The van der Waals surface area contributed by atoms with Gasteiger partial charge in [-0.25, -0.2) is 0 Å². The summed E-state index contributed by atoms with van der Waals surface area (Å²) in [6, 6.07) is 0. The predicted octanol–water partition coefficient (Wildman–Crippen LogP) is 2.82. The van der Waals surface area contributed by atoms with Gasteiger partial charge >= 0.3 is 0 Å². The lowest BCUT2D eigenvalue weighted by Gasteiger charge is -2.26. The van der Waals surface area contributed by atoms with Crippen LogP contribution in [-0.4, -0.2) is 45.6 Å². The van der Waals surface area contributed by atoms with E-state index < -0.39 is 0 Å². The van der Waals surface area contributed by atoms with E-state index in [9.17, 15) is 0 Å². The van der Waals surface area contributed by atoms with Crippen LogP contribution in [0.15, 0.2) is 0 Å². The largest absolute Gasteiger partial charge is 0.353 e. The number of piperidine rings is 1. The lowest BCUT2D eigenvalue weighted by Crippen LogP contribution is -2.31. The Morgan fingerprint density at radius 1 is 1.15 bits per heavy atom. The number of anilines is 2. The van der Waals surface area contributed by atoms with Crippen LogP contribution >= 0.6 is 23.4 Å². The first-order valence-electron chi connectivity index (χ1n) is 7.33. The van der Waals surface area contributed by atoms with Gasteiger partial charge in [0.25, 0.3) is 0 Å². The summed E-state index contributed by atoms with van der Waals surface area (Å²) in [6.45, 7) is 2.93. The zero-order chi connectivity index (χ0) is 13.8. The molecule has 5 nitrogen and oxygen atoms in total. The number of thioether (sulfide) groups is 1. The number of halogens is 1. The highest BCUT2D eigenvalue weighted by Gasteiger charge is 2.18. The van der Waals surface area contributed by atoms with Crippen molar-refractivity contribution in [1.29, 1.82) is 0 Å². The second-order valence-corrected chi connectivity index (χ2v) is 7.04. The Hall–Kier alpha value is -0.750. The van der Waals surface area contributed by atoms with E-state index in [1.54, 1.807) is 0 Å². The molecular weight excluding hydrogens is 294 g/mol. The molecule has 110 valence electrons. The van der Waals surface area contributed by atoms with Crippen LogP contribution in [0.25, 0.3) is 0 Å². The van der Waals surface area contributed by atoms with Gasteiger partial charge in [0.2, 0.25) is 17.2 Å². The highest BCUT2D eigenvalue weighted by molar-refractivity contribution is 8.00. The standard InChI is InChI=1S/C13H20ClN5S/c14-11-16-12(15-9-10-5-4-8-20-10)18-13(17-11)19-6-2-1-3-7-19/h10H,1-9H2,(H,15,16,17,18). The summed E-state index contributed by atoms with van der Waals surface area (Å²) in [7, 11) is 0. The third kappa shape index (κ3) is 3.67. The van der Waals surface area contributed by atoms with Gasteiger partial charge in [0.15, 0.2) is 0 Å². The smallest absolute Gasteiger partial charge is 0.231 e. The first-order chi connectivity index (χ1) is 9.81. The normalized spacial score (nSPS) is 23.1. The van der Waals surface area contributed by atoms with Gasteiger partial charge in [-0.1, -0.05) is 0 Å². The molecule has 1 aromatic heterocycles. The fraction of sp³-hybridized carbons (Fsp3) is 0.769. The van der Waals surface area contributed by atoms with Crippen LogP contribution in [0.3, 0.4) is 0 Å². The summed E-state index contributed by atoms with van der Waals surface area (Å²) in [6.07, 6.45) is 6.28. The molecule has 0 amide bonds.